The molecule has 0 aliphatic carbocycles. The molecule has 6 aromatic rings. The van der Waals surface area contributed by atoms with Gasteiger partial charge < -0.3 is 60.3 Å². The zero-order valence-electron chi connectivity index (χ0n) is 36.5. The van der Waals surface area contributed by atoms with Gasteiger partial charge in [-0.2, -0.15) is 0 Å². The van der Waals surface area contributed by atoms with Crippen molar-refractivity contribution >= 4 is 45.3 Å². The summed E-state index contributed by atoms with van der Waals surface area (Å²) in [5.41, 5.74) is 10.2. The maximum Gasteiger partial charge on any atom is 1.00 e. The van der Waals surface area contributed by atoms with Gasteiger partial charge in [-0.25, -0.2) is 0 Å². The van der Waals surface area contributed by atoms with Crippen LogP contribution in [0.2, 0.25) is 0 Å². The van der Waals surface area contributed by atoms with Crippen molar-refractivity contribution in [2.24, 2.45) is 0 Å². The van der Waals surface area contributed by atoms with E-state index in [2.05, 4.69) is 110 Å². The van der Waals surface area contributed by atoms with Crippen molar-refractivity contribution in [2.45, 2.75) is 52.6 Å². The molecule has 4 aromatic carbocycles. The fraction of sp³-hybridized carbons (Fsp3) is 0.277. The number of aliphatic carboxylic acids is 1. The van der Waals surface area contributed by atoms with E-state index in [1.54, 1.807) is 0 Å². The molecule has 4 aliphatic heterocycles. The molecule has 0 fully saturated rings. The standard InChI is InChI=1S/2C18H16N2O2.C6H6O2.C3H6O2.C2H4O2.Li.2H2O/c2*1-2-4-14-12(3-1)13-7-8-19-17(18(13)20-14)11-5-6-15-16(9-11)22-10-21-15;1-5(7)3-4-6(2)8;1-3(4)5-2;1-2(3)4;;;/h2*1-6,9,17,19-20H,7-8,10H2;1-2H3;1-2H3;1H3,(H,3,4);;2*1H2/q;;;;;+1;;/p-1/t2*17-;;;;;;/m11....../s1. The van der Waals surface area contributed by atoms with E-state index in [-0.39, 0.29) is 59.4 Å². The number of ether oxygens (including phenoxy) is 5. The Balaban J connectivity index is 0.000000244. The van der Waals surface area contributed by atoms with Crippen molar-refractivity contribution in [1.29, 1.82) is 0 Å². The van der Waals surface area contributed by atoms with Gasteiger partial charge >= 0.3 is 24.8 Å². The maximum absolute atomic E-state index is 10.0. The number of Topliss-reactive ketones (excluding diaryl/α,β-unsaturated/α-hetero) is 2. The van der Waals surface area contributed by atoms with Crippen molar-refractivity contribution < 1.29 is 77.8 Å². The van der Waals surface area contributed by atoms with Crippen LogP contribution < -0.4 is 48.4 Å². The van der Waals surface area contributed by atoms with Gasteiger partial charge in [-0.1, -0.05) is 48.5 Å². The zero-order valence-corrected chi connectivity index (χ0v) is 36.5. The Morgan fingerprint density at radius 3 is 1.34 bits per heavy atom. The number of para-hydroxylation sites is 2. The molecule has 8 N–H and O–H groups in total. The van der Waals surface area contributed by atoms with Crippen molar-refractivity contribution in [3.63, 3.8) is 0 Å². The Bertz CT molecular complexity index is 2460. The molecule has 16 nitrogen and oxygen atoms in total. The quantitative estimate of drug-likeness (QED) is 0.0728. The van der Waals surface area contributed by atoms with Crippen LogP contribution in [0.3, 0.4) is 0 Å². The Hall–Kier alpha value is -6.56. The van der Waals surface area contributed by atoms with E-state index in [0.29, 0.717) is 13.6 Å². The second kappa shape index (κ2) is 24.3. The molecule has 2 atom stereocenters. The van der Waals surface area contributed by atoms with Crippen LogP contribution in [0.5, 0.6) is 23.0 Å². The van der Waals surface area contributed by atoms with Crippen LogP contribution in [-0.2, 0) is 36.8 Å². The summed E-state index contributed by atoms with van der Waals surface area (Å²) in [5.74, 6) is 5.91. The predicted molar refractivity (Wildman–Crippen MR) is 235 cm³/mol. The molecule has 0 saturated carbocycles. The molecule has 6 heterocycles. The van der Waals surface area contributed by atoms with E-state index in [0.717, 1.165) is 55.9 Å². The number of rotatable bonds is 2. The van der Waals surface area contributed by atoms with Crippen molar-refractivity contribution in [3.05, 3.63) is 119 Å². The zero-order chi connectivity index (χ0) is 43.5. The topological polar surface area (TPSA) is 252 Å². The first-order valence-electron chi connectivity index (χ1n) is 19.7. The third-order valence-electron chi connectivity index (χ3n) is 9.88. The monoisotopic (exact) mass is 870 g/mol. The molecule has 0 bridgehead atoms. The van der Waals surface area contributed by atoms with E-state index in [4.69, 9.17) is 28.8 Å². The van der Waals surface area contributed by atoms with Gasteiger partial charge in [0.25, 0.3) is 5.97 Å². The maximum atomic E-state index is 10.0. The Labute approximate surface area is 382 Å². The van der Waals surface area contributed by atoms with Gasteiger partial charge in [0, 0.05) is 74.0 Å². The minimum Gasteiger partial charge on any atom is -0.870 e. The first-order valence-corrected chi connectivity index (χ1v) is 19.7. The van der Waals surface area contributed by atoms with E-state index in [1.165, 1.54) is 83.3 Å². The van der Waals surface area contributed by atoms with Crippen LogP contribution in [0, 0.1) is 11.8 Å². The van der Waals surface area contributed by atoms with Crippen LogP contribution in [0.1, 0.15) is 73.4 Å². The van der Waals surface area contributed by atoms with Gasteiger partial charge in [-0.05, 0) is 83.3 Å². The summed E-state index contributed by atoms with van der Waals surface area (Å²) in [6, 6.07) is 29.8. The largest absolute Gasteiger partial charge is 1.00 e. The molecular formula is C47H51LiN4O12. The molecule has 332 valence electrons. The Morgan fingerprint density at radius 1 is 0.625 bits per heavy atom. The second-order valence-corrected chi connectivity index (χ2v) is 14.2. The summed E-state index contributed by atoms with van der Waals surface area (Å²) in [6.45, 7) is 7.66. The molecule has 0 radical (unpaired) electrons. The van der Waals surface area contributed by atoms with Crippen LogP contribution in [0.4, 0.5) is 0 Å². The Kier molecular flexibility index (Phi) is 19.7. The van der Waals surface area contributed by atoms with Crippen LogP contribution in [0.15, 0.2) is 84.9 Å². The SMILES string of the molecule is CC(=O)C#CC(C)=O.CC(=O)O.COC(C)=O.O.[Li+].[OH-].c1ccc2c3c([nH]c2c1)[C@@H](c1ccc2c(c1)OCO2)NCC3.c1ccc2c3c([nH]c2c1)[C@@H](c1ccc2c(c1)OCO2)NCC3. The summed E-state index contributed by atoms with van der Waals surface area (Å²) in [5, 5.41) is 17.3. The van der Waals surface area contributed by atoms with Crippen molar-refractivity contribution in [2.75, 3.05) is 33.8 Å². The number of carboxylic acids is 1. The predicted octanol–water partition coefficient (Wildman–Crippen LogP) is 2.70. The normalized spacial score (nSPS) is 15.1. The van der Waals surface area contributed by atoms with Crippen molar-refractivity contribution in [3.8, 4) is 34.8 Å². The molecule has 0 saturated heterocycles. The number of hydrogen-bond acceptors (Lipinski definition) is 12. The number of methoxy groups -OCH3 is 1. The number of benzene rings is 4. The van der Waals surface area contributed by atoms with Gasteiger partial charge in [-0.15, -0.1) is 0 Å². The number of carboxylic acid groups (broad SMARTS) is 1. The summed E-state index contributed by atoms with van der Waals surface area (Å²) in [4.78, 5) is 45.8. The number of hydrogen-bond donors (Lipinski definition) is 5. The minimum atomic E-state index is -0.833. The molecule has 0 unspecified atom stereocenters. The molecule has 10 rings (SSSR count). The third kappa shape index (κ3) is 13.0. The molecular weight excluding hydrogens is 819 g/mol. The molecule has 64 heavy (non-hydrogen) atoms. The molecule has 0 spiro atoms. The average molecular weight is 871 g/mol. The molecule has 0 amide bonds. The van der Waals surface area contributed by atoms with Gasteiger partial charge in [0.1, 0.15) is 0 Å². The molecule has 17 heteroatoms. The van der Waals surface area contributed by atoms with E-state index >= 15 is 0 Å². The fourth-order valence-electron chi connectivity index (χ4n) is 7.29. The number of fused-ring (bicyclic) bond motifs is 8. The minimum absolute atomic E-state index is 0. The smallest absolute Gasteiger partial charge is 0.870 e. The number of ketones is 2. The summed E-state index contributed by atoms with van der Waals surface area (Å²) < 4.78 is 26.0. The fourth-order valence-corrected chi connectivity index (χ4v) is 7.29. The first kappa shape index (κ1) is 51.8. The average Bonchev–Trinajstić information content (AvgIpc) is 4.07. The van der Waals surface area contributed by atoms with Gasteiger partial charge in [0.15, 0.2) is 23.0 Å². The third-order valence-corrected chi connectivity index (χ3v) is 9.88. The van der Waals surface area contributed by atoms with Gasteiger partial charge in [0.2, 0.25) is 25.2 Å². The number of carbonyl (C=O) groups is 4. The molecule has 4 aliphatic rings. The van der Waals surface area contributed by atoms with E-state index in [9.17, 15) is 14.4 Å². The van der Waals surface area contributed by atoms with Crippen molar-refractivity contribution in [1.82, 2.24) is 20.6 Å². The summed E-state index contributed by atoms with van der Waals surface area (Å²) in [6.07, 6.45) is 2.11. The van der Waals surface area contributed by atoms with Gasteiger partial charge in [-0.3, -0.25) is 19.2 Å². The molecule has 2 aromatic heterocycles. The van der Waals surface area contributed by atoms with E-state index < -0.39 is 5.97 Å². The van der Waals surface area contributed by atoms with Crippen LogP contribution in [-0.4, -0.2) is 83.3 Å². The number of esters is 1. The van der Waals surface area contributed by atoms with E-state index in [1.807, 2.05) is 12.1 Å². The number of nitrogens with one attached hydrogen (secondary N) is 4. The number of aromatic amines is 2. The number of H-pyrrole nitrogens is 2. The number of aromatic nitrogens is 2. The second-order valence-electron chi connectivity index (χ2n) is 14.2. The number of carbonyl (C=O) groups excluding carboxylic acids is 3. The Morgan fingerprint density at radius 2 is 0.984 bits per heavy atom. The first-order chi connectivity index (χ1) is 29.4. The van der Waals surface area contributed by atoms with Crippen LogP contribution in [0.25, 0.3) is 21.8 Å². The summed E-state index contributed by atoms with van der Waals surface area (Å²) >= 11 is 0. The van der Waals surface area contributed by atoms with Gasteiger partial charge in [0.05, 0.1) is 19.2 Å². The van der Waals surface area contributed by atoms with Crippen LogP contribution >= 0.6 is 0 Å². The summed E-state index contributed by atoms with van der Waals surface area (Å²) in [7, 11) is 1.35.